The number of methoxy groups -OCH3 is 1. The van der Waals surface area contributed by atoms with E-state index in [1.54, 1.807) is 13.3 Å². The van der Waals surface area contributed by atoms with Gasteiger partial charge in [-0.05, 0) is 23.3 Å². The maximum absolute atomic E-state index is 5.25. The van der Waals surface area contributed by atoms with Crippen LogP contribution >= 0.6 is 0 Å². The number of nitrogens with zero attached hydrogens (tertiary/aromatic N) is 7. The monoisotopic (exact) mass is 315 g/mol. The molecule has 4 rings (SSSR count). The summed E-state index contributed by atoms with van der Waals surface area (Å²) in [6.07, 6.45) is 6.03. The van der Waals surface area contributed by atoms with Gasteiger partial charge in [-0.2, -0.15) is 0 Å². The predicted molar refractivity (Wildman–Crippen MR) is 84.4 cm³/mol. The smallest absolute Gasteiger partial charge is 0.165 e. The molecule has 0 bridgehead atoms. The SMILES string of the molecule is COc1cncc(N2CCN(Cc3nnnn3C3CC3)CC2)c1. The Bertz CT molecular complexity index is 661. The van der Waals surface area contributed by atoms with Crippen LogP contribution in [0.3, 0.4) is 0 Å². The average Bonchev–Trinajstić information content (AvgIpc) is 3.35. The molecule has 0 unspecified atom stereocenters. The summed E-state index contributed by atoms with van der Waals surface area (Å²) in [5.74, 6) is 1.79. The molecule has 2 aliphatic rings. The highest BCUT2D eigenvalue weighted by Gasteiger charge is 2.28. The van der Waals surface area contributed by atoms with Crippen molar-refractivity contribution < 1.29 is 4.74 Å². The van der Waals surface area contributed by atoms with Gasteiger partial charge in [0.1, 0.15) is 5.75 Å². The molecule has 0 atom stereocenters. The lowest BCUT2D eigenvalue weighted by Crippen LogP contribution is -2.46. The van der Waals surface area contributed by atoms with Crippen LogP contribution in [0.1, 0.15) is 24.7 Å². The Kier molecular flexibility index (Phi) is 3.82. The van der Waals surface area contributed by atoms with Gasteiger partial charge in [-0.1, -0.05) is 0 Å². The number of hydrogen-bond acceptors (Lipinski definition) is 7. The van der Waals surface area contributed by atoms with Crippen LogP contribution in [-0.4, -0.2) is 63.4 Å². The fourth-order valence-electron chi connectivity index (χ4n) is 2.98. The van der Waals surface area contributed by atoms with Crippen LogP contribution in [0.2, 0.25) is 0 Å². The summed E-state index contributed by atoms with van der Waals surface area (Å²) in [5, 5.41) is 12.1. The van der Waals surface area contributed by atoms with Crippen LogP contribution in [0.4, 0.5) is 5.69 Å². The first kappa shape index (κ1) is 14.4. The van der Waals surface area contributed by atoms with Crippen LogP contribution in [0, 0.1) is 0 Å². The number of hydrogen-bond donors (Lipinski definition) is 0. The Morgan fingerprint density at radius 2 is 2.00 bits per heavy atom. The molecule has 2 aromatic rings. The van der Waals surface area contributed by atoms with Gasteiger partial charge in [-0.15, -0.1) is 5.10 Å². The Hall–Kier alpha value is -2.22. The van der Waals surface area contributed by atoms with Gasteiger partial charge in [0.15, 0.2) is 5.82 Å². The molecule has 2 fully saturated rings. The van der Waals surface area contributed by atoms with Gasteiger partial charge in [-0.3, -0.25) is 9.88 Å². The van der Waals surface area contributed by atoms with E-state index in [2.05, 4.69) is 30.3 Å². The van der Waals surface area contributed by atoms with Gasteiger partial charge in [0.2, 0.25) is 0 Å². The quantitative estimate of drug-likeness (QED) is 0.805. The predicted octanol–water partition coefficient (Wildman–Crippen LogP) is 0.734. The van der Waals surface area contributed by atoms with Crippen LogP contribution in [-0.2, 0) is 6.54 Å². The summed E-state index contributed by atoms with van der Waals surface area (Å²) >= 11 is 0. The second kappa shape index (κ2) is 6.11. The molecular weight excluding hydrogens is 294 g/mol. The van der Waals surface area contributed by atoms with E-state index < -0.39 is 0 Å². The fourth-order valence-corrected chi connectivity index (χ4v) is 2.98. The van der Waals surface area contributed by atoms with Crippen molar-refractivity contribution in [3.8, 4) is 5.75 Å². The highest BCUT2D eigenvalue weighted by molar-refractivity contribution is 5.48. The second-order valence-corrected chi connectivity index (χ2v) is 6.12. The minimum absolute atomic E-state index is 0.532. The highest BCUT2D eigenvalue weighted by atomic mass is 16.5. The zero-order valence-corrected chi connectivity index (χ0v) is 13.3. The summed E-state index contributed by atoms with van der Waals surface area (Å²) in [4.78, 5) is 8.99. The van der Waals surface area contributed by atoms with E-state index in [-0.39, 0.29) is 0 Å². The third-order valence-corrected chi connectivity index (χ3v) is 4.49. The number of tetrazole rings is 1. The zero-order valence-electron chi connectivity index (χ0n) is 13.3. The lowest BCUT2D eigenvalue weighted by molar-refractivity contribution is 0.239. The average molecular weight is 315 g/mol. The first-order valence-corrected chi connectivity index (χ1v) is 8.06. The van der Waals surface area contributed by atoms with E-state index in [0.717, 1.165) is 50.0 Å². The Morgan fingerprint density at radius 3 is 2.74 bits per heavy atom. The van der Waals surface area contributed by atoms with Crippen molar-refractivity contribution in [2.45, 2.75) is 25.4 Å². The van der Waals surface area contributed by atoms with Gasteiger partial charge in [0.05, 0.1) is 37.8 Å². The minimum atomic E-state index is 0.532. The third-order valence-electron chi connectivity index (χ3n) is 4.49. The molecule has 1 aliphatic heterocycles. The summed E-state index contributed by atoms with van der Waals surface area (Å²) in [6, 6.07) is 2.57. The molecule has 8 nitrogen and oxygen atoms in total. The number of rotatable bonds is 5. The maximum Gasteiger partial charge on any atom is 0.165 e. The van der Waals surface area contributed by atoms with E-state index in [9.17, 15) is 0 Å². The molecular formula is C15H21N7O. The van der Waals surface area contributed by atoms with Gasteiger partial charge < -0.3 is 9.64 Å². The number of aromatic nitrogens is 5. The van der Waals surface area contributed by atoms with Crippen molar-refractivity contribution in [1.82, 2.24) is 30.1 Å². The van der Waals surface area contributed by atoms with Gasteiger partial charge in [0.25, 0.3) is 0 Å². The largest absolute Gasteiger partial charge is 0.495 e. The Labute approximate surface area is 135 Å². The number of pyridine rings is 1. The number of piperazine rings is 1. The van der Waals surface area contributed by atoms with Crippen molar-refractivity contribution in [3.63, 3.8) is 0 Å². The number of anilines is 1. The molecule has 0 N–H and O–H groups in total. The molecule has 3 heterocycles. The topological polar surface area (TPSA) is 72.2 Å². The van der Waals surface area contributed by atoms with E-state index in [0.29, 0.717) is 6.04 Å². The second-order valence-electron chi connectivity index (χ2n) is 6.12. The molecule has 1 saturated carbocycles. The summed E-state index contributed by atoms with van der Waals surface area (Å²) < 4.78 is 7.25. The summed E-state index contributed by atoms with van der Waals surface area (Å²) in [7, 11) is 1.67. The third kappa shape index (κ3) is 3.12. The lowest BCUT2D eigenvalue weighted by atomic mass is 10.2. The van der Waals surface area contributed by atoms with Crippen molar-refractivity contribution in [2.75, 3.05) is 38.2 Å². The molecule has 0 aromatic carbocycles. The Balaban J connectivity index is 1.36. The molecule has 0 amide bonds. The zero-order chi connectivity index (χ0) is 15.6. The van der Waals surface area contributed by atoms with E-state index in [1.165, 1.54) is 12.8 Å². The maximum atomic E-state index is 5.25. The molecule has 0 spiro atoms. The molecule has 1 saturated heterocycles. The van der Waals surface area contributed by atoms with E-state index >= 15 is 0 Å². The molecule has 2 aromatic heterocycles. The van der Waals surface area contributed by atoms with Crippen LogP contribution in [0.15, 0.2) is 18.5 Å². The van der Waals surface area contributed by atoms with Gasteiger partial charge in [0, 0.05) is 32.2 Å². The standard InChI is InChI=1S/C15H21N7O/c1-23-14-8-13(9-16-10-14)21-6-4-20(5-7-21)11-15-17-18-19-22(15)12-2-3-12/h8-10,12H,2-7,11H2,1H3. The van der Waals surface area contributed by atoms with Crippen molar-refractivity contribution in [1.29, 1.82) is 0 Å². The minimum Gasteiger partial charge on any atom is -0.495 e. The van der Waals surface area contributed by atoms with Gasteiger partial charge >= 0.3 is 0 Å². The van der Waals surface area contributed by atoms with Crippen LogP contribution in [0.5, 0.6) is 5.75 Å². The summed E-state index contributed by atoms with van der Waals surface area (Å²) in [6.45, 7) is 4.76. The summed E-state index contributed by atoms with van der Waals surface area (Å²) in [5.41, 5.74) is 1.12. The molecule has 0 radical (unpaired) electrons. The van der Waals surface area contributed by atoms with Crippen molar-refractivity contribution in [3.05, 3.63) is 24.3 Å². The molecule has 23 heavy (non-hydrogen) atoms. The normalized spacial score (nSPS) is 19.1. The first-order valence-electron chi connectivity index (χ1n) is 8.06. The molecule has 1 aliphatic carbocycles. The molecule has 8 heteroatoms. The lowest BCUT2D eigenvalue weighted by Gasteiger charge is -2.35. The highest BCUT2D eigenvalue weighted by Crippen LogP contribution is 2.34. The fraction of sp³-hybridized carbons (Fsp3) is 0.600. The first-order chi connectivity index (χ1) is 11.3. The van der Waals surface area contributed by atoms with Crippen molar-refractivity contribution in [2.24, 2.45) is 0 Å². The van der Waals surface area contributed by atoms with Crippen LogP contribution in [0.25, 0.3) is 0 Å². The molecule has 122 valence electrons. The van der Waals surface area contributed by atoms with Gasteiger partial charge in [-0.25, -0.2) is 4.68 Å². The van der Waals surface area contributed by atoms with E-state index in [4.69, 9.17) is 4.74 Å². The Morgan fingerprint density at radius 1 is 1.17 bits per heavy atom. The van der Waals surface area contributed by atoms with E-state index in [1.807, 2.05) is 16.9 Å². The number of ether oxygens (including phenoxy) is 1. The van der Waals surface area contributed by atoms with Crippen molar-refractivity contribution >= 4 is 5.69 Å². The van der Waals surface area contributed by atoms with Crippen LogP contribution < -0.4 is 9.64 Å².